The number of hydrogen-bond donors (Lipinski definition) is 1. The fourth-order valence-electron chi connectivity index (χ4n) is 3.02. The minimum absolute atomic E-state index is 0.00802. The Morgan fingerprint density at radius 3 is 2.19 bits per heavy atom. The van der Waals surface area contributed by atoms with Gasteiger partial charge in [-0.05, 0) is 50.6 Å². The summed E-state index contributed by atoms with van der Waals surface area (Å²) >= 11 is 6.17. The van der Waals surface area contributed by atoms with Crippen molar-refractivity contribution in [2.24, 2.45) is 0 Å². The van der Waals surface area contributed by atoms with Gasteiger partial charge in [-0.25, -0.2) is 12.8 Å². The van der Waals surface area contributed by atoms with Gasteiger partial charge in [0.15, 0.2) is 0 Å². The Hall–Kier alpha value is -2.65. The molecule has 1 atom stereocenters. The number of anilines is 1. The molecule has 2 aromatic rings. The van der Waals surface area contributed by atoms with Gasteiger partial charge in [0, 0.05) is 12.6 Å². The number of carbonyl (C=O) groups excluding carboxylic acids is 2. The maximum atomic E-state index is 13.3. The molecule has 0 aliphatic heterocycles. The first-order valence-electron chi connectivity index (χ1n) is 9.96. The molecule has 0 fully saturated rings. The molecule has 7 nitrogen and oxygen atoms in total. The van der Waals surface area contributed by atoms with E-state index < -0.39 is 34.3 Å². The van der Waals surface area contributed by atoms with E-state index in [1.54, 1.807) is 32.9 Å². The van der Waals surface area contributed by atoms with E-state index in [2.05, 4.69) is 5.32 Å². The molecule has 0 spiro atoms. The molecule has 2 aromatic carbocycles. The topological polar surface area (TPSA) is 86.8 Å². The van der Waals surface area contributed by atoms with E-state index in [1.165, 1.54) is 41.3 Å². The van der Waals surface area contributed by atoms with Crippen molar-refractivity contribution in [2.45, 2.75) is 39.4 Å². The van der Waals surface area contributed by atoms with Crippen LogP contribution in [-0.4, -0.2) is 50.0 Å². The van der Waals surface area contributed by atoms with Gasteiger partial charge in [-0.15, -0.1) is 0 Å². The van der Waals surface area contributed by atoms with Crippen LogP contribution in [0.3, 0.4) is 0 Å². The van der Waals surface area contributed by atoms with Crippen LogP contribution in [0.2, 0.25) is 5.02 Å². The van der Waals surface area contributed by atoms with Gasteiger partial charge in [0.05, 0.1) is 17.0 Å². The molecule has 0 unspecified atom stereocenters. The van der Waals surface area contributed by atoms with Crippen molar-refractivity contribution in [1.29, 1.82) is 0 Å². The van der Waals surface area contributed by atoms with E-state index in [9.17, 15) is 22.4 Å². The third-order valence-corrected chi connectivity index (χ3v) is 6.11. The Morgan fingerprint density at radius 2 is 1.66 bits per heavy atom. The van der Waals surface area contributed by atoms with Crippen molar-refractivity contribution >= 4 is 39.1 Å². The minimum atomic E-state index is -3.86. The van der Waals surface area contributed by atoms with E-state index in [-0.39, 0.29) is 29.2 Å². The second kappa shape index (κ2) is 10.8. The summed E-state index contributed by atoms with van der Waals surface area (Å²) in [6, 6.07) is 10.7. The Bertz CT molecular complexity index is 1060. The van der Waals surface area contributed by atoms with E-state index in [0.717, 1.165) is 10.6 Å². The Kier molecular flexibility index (Phi) is 8.63. The monoisotopic (exact) mass is 483 g/mol. The van der Waals surface area contributed by atoms with Crippen LogP contribution in [0.4, 0.5) is 10.1 Å². The quantitative estimate of drug-likeness (QED) is 0.593. The van der Waals surface area contributed by atoms with Crippen LogP contribution in [0, 0.1) is 5.82 Å². The molecule has 0 saturated carbocycles. The molecule has 1 N–H and O–H groups in total. The average Bonchev–Trinajstić information content (AvgIpc) is 2.70. The number of nitrogens with zero attached hydrogens (tertiary/aromatic N) is 2. The van der Waals surface area contributed by atoms with Crippen molar-refractivity contribution < 1.29 is 22.4 Å². The van der Waals surface area contributed by atoms with Crippen LogP contribution in [0.15, 0.2) is 48.5 Å². The van der Waals surface area contributed by atoms with Crippen molar-refractivity contribution in [3.8, 4) is 0 Å². The molecular formula is C22H27ClFN3O4S. The summed E-state index contributed by atoms with van der Waals surface area (Å²) in [5, 5.41) is 2.92. The van der Waals surface area contributed by atoms with Gasteiger partial charge in [-0.2, -0.15) is 0 Å². The van der Waals surface area contributed by atoms with E-state index in [0.29, 0.717) is 5.56 Å². The summed E-state index contributed by atoms with van der Waals surface area (Å²) in [4.78, 5) is 27.2. The molecular weight excluding hydrogens is 457 g/mol. The normalized spacial score (nSPS) is 12.3. The van der Waals surface area contributed by atoms with Gasteiger partial charge in [-0.3, -0.25) is 13.9 Å². The van der Waals surface area contributed by atoms with Crippen molar-refractivity contribution in [2.75, 3.05) is 17.1 Å². The van der Waals surface area contributed by atoms with Gasteiger partial charge in [0.2, 0.25) is 21.8 Å². The maximum Gasteiger partial charge on any atom is 0.244 e. The summed E-state index contributed by atoms with van der Waals surface area (Å²) < 4.78 is 39.1. The molecule has 2 rings (SSSR count). The summed E-state index contributed by atoms with van der Waals surface area (Å²) in [6.45, 7) is 4.58. The van der Waals surface area contributed by atoms with E-state index in [4.69, 9.17) is 11.6 Å². The number of benzene rings is 2. The fourth-order valence-corrected chi connectivity index (χ4v) is 4.17. The van der Waals surface area contributed by atoms with Crippen molar-refractivity contribution in [1.82, 2.24) is 10.2 Å². The highest BCUT2D eigenvalue weighted by Crippen LogP contribution is 2.27. The molecule has 10 heteroatoms. The van der Waals surface area contributed by atoms with Crippen molar-refractivity contribution in [3.05, 3.63) is 64.9 Å². The molecule has 0 saturated heterocycles. The number of carbonyl (C=O) groups is 2. The third kappa shape index (κ3) is 6.93. The summed E-state index contributed by atoms with van der Waals surface area (Å²) in [6.07, 6.45) is 0.975. The fraction of sp³-hybridized carbons (Fsp3) is 0.364. The standard InChI is InChI=1S/C22H27ClFN3O4S/c1-15(2)25-22(29)16(3)26(13-17-9-11-18(24)12-10-17)21(28)14-27(32(4,30)31)20-8-6-5-7-19(20)23/h5-12,15-16H,13-14H2,1-4H3,(H,25,29)/t16-/m1/s1. The second-order valence-electron chi connectivity index (χ2n) is 7.71. The molecule has 0 aromatic heterocycles. The smallest absolute Gasteiger partial charge is 0.244 e. The lowest BCUT2D eigenvalue weighted by molar-refractivity contribution is -0.139. The molecule has 0 aliphatic carbocycles. The first kappa shape index (κ1) is 25.6. The zero-order chi connectivity index (χ0) is 24.1. The lowest BCUT2D eigenvalue weighted by Gasteiger charge is -2.32. The third-order valence-electron chi connectivity index (χ3n) is 4.66. The van der Waals surface area contributed by atoms with Crippen LogP contribution in [-0.2, 0) is 26.2 Å². The number of sulfonamides is 1. The number of rotatable bonds is 9. The molecule has 0 bridgehead atoms. The van der Waals surface area contributed by atoms with Crippen LogP contribution < -0.4 is 9.62 Å². The van der Waals surface area contributed by atoms with Gasteiger partial charge in [0.1, 0.15) is 18.4 Å². The Labute approximate surface area is 193 Å². The summed E-state index contributed by atoms with van der Waals surface area (Å²) in [5.74, 6) is -1.43. The lowest BCUT2D eigenvalue weighted by atomic mass is 10.1. The van der Waals surface area contributed by atoms with Crippen molar-refractivity contribution in [3.63, 3.8) is 0 Å². The first-order valence-corrected chi connectivity index (χ1v) is 12.2. The molecule has 0 radical (unpaired) electrons. The number of para-hydroxylation sites is 1. The van der Waals surface area contributed by atoms with Crippen LogP contribution >= 0.6 is 11.6 Å². The molecule has 174 valence electrons. The molecule has 0 aliphatic rings. The largest absolute Gasteiger partial charge is 0.352 e. The number of halogens is 2. The molecule has 0 heterocycles. The van der Waals surface area contributed by atoms with Crippen LogP contribution in [0.5, 0.6) is 0 Å². The predicted octanol–water partition coefficient (Wildman–Crippen LogP) is 3.19. The van der Waals surface area contributed by atoms with Gasteiger partial charge in [-0.1, -0.05) is 35.9 Å². The second-order valence-corrected chi connectivity index (χ2v) is 10.0. The zero-order valence-corrected chi connectivity index (χ0v) is 20.0. The number of hydrogen-bond acceptors (Lipinski definition) is 4. The average molecular weight is 484 g/mol. The highest BCUT2D eigenvalue weighted by molar-refractivity contribution is 7.92. The number of nitrogens with one attached hydrogen (secondary N) is 1. The number of amides is 2. The molecule has 2 amide bonds. The van der Waals surface area contributed by atoms with Crippen LogP contribution in [0.1, 0.15) is 26.3 Å². The lowest BCUT2D eigenvalue weighted by Crippen LogP contribution is -2.52. The highest BCUT2D eigenvalue weighted by Gasteiger charge is 2.30. The summed E-state index contributed by atoms with van der Waals surface area (Å²) in [7, 11) is -3.86. The predicted molar refractivity (Wildman–Crippen MR) is 123 cm³/mol. The first-order chi connectivity index (χ1) is 14.9. The van der Waals surface area contributed by atoms with Gasteiger partial charge in [0.25, 0.3) is 0 Å². The SMILES string of the molecule is CC(C)NC(=O)[C@@H](C)N(Cc1ccc(F)cc1)C(=O)CN(c1ccccc1Cl)S(C)(=O)=O. The summed E-state index contributed by atoms with van der Waals surface area (Å²) in [5.41, 5.74) is 0.749. The Balaban J connectivity index is 2.39. The van der Waals surface area contributed by atoms with Crippen LogP contribution in [0.25, 0.3) is 0 Å². The molecule has 32 heavy (non-hydrogen) atoms. The highest BCUT2D eigenvalue weighted by atomic mass is 35.5. The van der Waals surface area contributed by atoms with Gasteiger partial charge >= 0.3 is 0 Å². The van der Waals surface area contributed by atoms with E-state index >= 15 is 0 Å². The Morgan fingerprint density at radius 1 is 1.06 bits per heavy atom. The van der Waals surface area contributed by atoms with Gasteiger partial charge < -0.3 is 10.2 Å². The maximum absolute atomic E-state index is 13.3. The zero-order valence-electron chi connectivity index (χ0n) is 18.4. The van der Waals surface area contributed by atoms with E-state index in [1.807, 2.05) is 0 Å². The minimum Gasteiger partial charge on any atom is -0.352 e.